The maximum Gasteiger partial charge on any atom is 0.132 e. The van der Waals surface area contributed by atoms with E-state index in [-0.39, 0.29) is 4.47 Å². The van der Waals surface area contributed by atoms with Crippen LogP contribution in [0.25, 0.3) is 0 Å². The highest BCUT2D eigenvalue weighted by Crippen LogP contribution is 2.23. The Morgan fingerprint density at radius 1 is 1.31 bits per heavy atom. The second-order valence-electron chi connectivity index (χ2n) is 2.54. The molecule has 0 spiro atoms. The van der Waals surface area contributed by atoms with Crippen LogP contribution in [0.15, 0.2) is 16.6 Å². The molecule has 2 N–H and O–H groups in total. The highest BCUT2D eigenvalue weighted by atomic mass is 79.9. The summed E-state index contributed by atoms with van der Waals surface area (Å²) in [5, 5.41) is 0. The SMILES string of the molecule is N[C@@H](CF)c1c(F)cc(Br)cc1F. The summed E-state index contributed by atoms with van der Waals surface area (Å²) in [6.45, 7) is -0.991. The van der Waals surface area contributed by atoms with E-state index in [2.05, 4.69) is 15.9 Å². The quantitative estimate of drug-likeness (QED) is 0.862. The van der Waals surface area contributed by atoms with E-state index in [1.165, 1.54) is 0 Å². The zero-order valence-electron chi connectivity index (χ0n) is 6.53. The summed E-state index contributed by atoms with van der Waals surface area (Å²) in [7, 11) is 0. The molecule has 0 saturated carbocycles. The average Bonchev–Trinajstić information content (AvgIpc) is 2.02. The fraction of sp³-hybridized carbons (Fsp3) is 0.250. The predicted octanol–water partition coefficient (Wildman–Crippen LogP) is 2.70. The lowest BCUT2D eigenvalue weighted by molar-refractivity contribution is 0.413. The van der Waals surface area contributed by atoms with Crippen LogP contribution in [0.3, 0.4) is 0 Å². The van der Waals surface area contributed by atoms with Crippen LogP contribution >= 0.6 is 15.9 Å². The fourth-order valence-electron chi connectivity index (χ4n) is 0.985. The molecule has 0 aromatic heterocycles. The molecule has 5 heteroatoms. The second-order valence-corrected chi connectivity index (χ2v) is 3.46. The molecule has 0 aliphatic heterocycles. The summed E-state index contributed by atoms with van der Waals surface area (Å²) in [5.74, 6) is -1.67. The monoisotopic (exact) mass is 253 g/mol. The van der Waals surface area contributed by atoms with Gasteiger partial charge in [0.05, 0.1) is 6.04 Å². The Balaban J connectivity index is 3.20. The number of rotatable bonds is 2. The molecule has 1 atom stereocenters. The zero-order valence-corrected chi connectivity index (χ0v) is 8.11. The molecule has 1 rings (SSSR count). The topological polar surface area (TPSA) is 26.0 Å². The van der Waals surface area contributed by atoms with E-state index in [9.17, 15) is 13.2 Å². The molecule has 1 nitrogen and oxygen atoms in total. The van der Waals surface area contributed by atoms with Crippen LogP contribution < -0.4 is 5.73 Å². The van der Waals surface area contributed by atoms with Gasteiger partial charge in [0.25, 0.3) is 0 Å². The van der Waals surface area contributed by atoms with Gasteiger partial charge < -0.3 is 5.73 Å². The third-order valence-electron chi connectivity index (χ3n) is 1.58. The average molecular weight is 254 g/mol. The summed E-state index contributed by atoms with van der Waals surface area (Å²) in [6.07, 6.45) is 0. The van der Waals surface area contributed by atoms with Crippen molar-refractivity contribution < 1.29 is 13.2 Å². The zero-order chi connectivity index (χ0) is 10.0. The van der Waals surface area contributed by atoms with Gasteiger partial charge in [0.15, 0.2) is 0 Å². The molecule has 0 saturated heterocycles. The van der Waals surface area contributed by atoms with Gasteiger partial charge in [-0.15, -0.1) is 0 Å². The summed E-state index contributed by atoms with van der Waals surface area (Å²) in [4.78, 5) is 0. The molecule has 1 aromatic rings. The van der Waals surface area contributed by atoms with Gasteiger partial charge in [-0.2, -0.15) is 0 Å². The van der Waals surface area contributed by atoms with Gasteiger partial charge in [-0.25, -0.2) is 13.2 Å². The van der Waals surface area contributed by atoms with Crippen molar-refractivity contribution in [3.05, 3.63) is 33.8 Å². The molecule has 0 radical (unpaired) electrons. The summed E-state index contributed by atoms with van der Waals surface area (Å²) in [6, 6.07) is 0.857. The molecule has 13 heavy (non-hydrogen) atoms. The van der Waals surface area contributed by atoms with Crippen LogP contribution in [0.2, 0.25) is 0 Å². The Kier molecular flexibility index (Phi) is 3.33. The molecule has 0 fully saturated rings. The van der Waals surface area contributed by atoms with Gasteiger partial charge in [-0.05, 0) is 12.1 Å². The molecule has 0 aliphatic rings. The molecule has 0 aliphatic carbocycles. The standard InChI is InChI=1S/C8H7BrF3N/c9-4-1-5(11)8(6(12)2-4)7(13)3-10/h1-2,7H,3,13H2/t7-/m0/s1. The van der Waals surface area contributed by atoms with Gasteiger partial charge in [-0.3, -0.25) is 0 Å². The van der Waals surface area contributed by atoms with Crippen molar-refractivity contribution in [3.8, 4) is 0 Å². The lowest BCUT2D eigenvalue weighted by Crippen LogP contribution is -2.16. The minimum Gasteiger partial charge on any atom is -0.322 e. The van der Waals surface area contributed by atoms with Gasteiger partial charge in [0.1, 0.15) is 18.3 Å². The molecule has 0 heterocycles. The molecule has 0 unspecified atom stereocenters. The molecular weight excluding hydrogens is 247 g/mol. The lowest BCUT2D eigenvalue weighted by Gasteiger charge is -2.10. The minimum absolute atomic E-state index is 0.261. The van der Waals surface area contributed by atoms with Crippen LogP contribution in [-0.4, -0.2) is 6.67 Å². The van der Waals surface area contributed by atoms with Crippen molar-refractivity contribution in [2.45, 2.75) is 6.04 Å². The number of hydrogen-bond acceptors (Lipinski definition) is 1. The number of halogens is 4. The number of benzene rings is 1. The fourth-order valence-corrected chi connectivity index (χ4v) is 1.39. The van der Waals surface area contributed by atoms with Gasteiger partial charge in [0.2, 0.25) is 0 Å². The van der Waals surface area contributed by atoms with Crippen molar-refractivity contribution in [2.75, 3.05) is 6.67 Å². The number of nitrogens with two attached hydrogens (primary N) is 1. The van der Waals surface area contributed by atoms with E-state index in [1.54, 1.807) is 0 Å². The Labute approximate surface area is 81.9 Å². The lowest BCUT2D eigenvalue weighted by atomic mass is 10.1. The highest BCUT2D eigenvalue weighted by Gasteiger charge is 2.17. The predicted molar refractivity (Wildman–Crippen MR) is 47.0 cm³/mol. The first-order valence-electron chi connectivity index (χ1n) is 3.52. The third-order valence-corrected chi connectivity index (χ3v) is 2.04. The van der Waals surface area contributed by atoms with Crippen molar-refractivity contribution in [3.63, 3.8) is 0 Å². The van der Waals surface area contributed by atoms with E-state index in [1.807, 2.05) is 0 Å². The van der Waals surface area contributed by atoms with E-state index < -0.39 is 29.9 Å². The maximum absolute atomic E-state index is 13.0. The minimum atomic E-state index is -1.24. The molecular formula is C8H7BrF3N. The summed E-state index contributed by atoms with van der Waals surface area (Å²) < 4.78 is 38.4. The van der Waals surface area contributed by atoms with Gasteiger partial charge >= 0.3 is 0 Å². The van der Waals surface area contributed by atoms with Crippen LogP contribution in [0, 0.1) is 11.6 Å². The van der Waals surface area contributed by atoms with Gasteiger partial charge in [0, 0.05) is 10.0 Å². The first-order valence-corrected chi connectivity index (χ1v) is 4.31. The highest BCUT2D eigenvalue weighted by molar-refractivity contribution is 9.10. The van der Waals surface area contributed by atoms with Crippen LogP contribution in [-0.2, 0) is 0 Å². The first kappa shape index (κ1) is 10.5. The van der Waals surface area contributed by atoms with Crippen LogP contribution in [0.4, 0.5) is 13.2 Å². The molecule has 1 aromatic carbocycles. The van der Waals surface area contributed by atoms with Crippen LogP contribution in [0.1, 0.15) is 11.6 Å². The van der Waals surface area contributed by atoms with Crippen molar-refractivity contribution in [2.24, 2.45) is 5.73 Å². The van der Waals surface area contributed by atoms with Crippen molar-refractivity contribution in [1.29, 1.82) is 0 Å². The Hall–Kier alpha value is -0.550. The van der Waals surface area contributed by atoms with Crippen molar-refractivity contribution in [1.82, 2.24) is 0 Å². The maximum atomic E-state index is 13.0. The molecule has 0 amide bonds. The van der Waals surface area contributed by atoms with E-state index in [0.29, 0.717) is 0 Å². The second kappa shape index (κ2) is 4.11. The Morgan fingerprint density at radius 3 is 2.15 bits per heavy atom. The summed E-state index contributed by atoms with van der Waals surface area (Å²) >= 11 is 2.90. The van der Waals surface area contributed by atoms with Crippen molar-refractivity contribution >= 4 is 15.9 Å². The van der Waals surface area contributed by atoms with E-state index in [4.69, 9.17) is 5.73 Å². The van der Waals surface area contributed by atoms with Gasteiger partial charge in [-0.1, -0.05) is 15.9 Å². The Morgan fingerprint density at radius 2 is 1.77 bits per heavy atom. The summed E-state index contributed by atoms with van der Waals surface area (Å²) in [5.41, 5.74) is 4.76. The smallest absolute Gasteiger partial charge is 0.132 e. The Bertz CT molecular complexity index is 293. The third kappa shape index (κ3) is 2.22. The van der Waals surface area contributed by atoms with E-state index in [0.717, 1.165) is 12.1 Å². The number of hydrogen-bond donors (Lipinski definition) is 1. The van der Waals surface area contributed by atoms with Crippen LogP contribution in [0.5, 0.6) is 0 Å². The normalized spacial score (nSPS) is 13.0. The number of alkyl halides is 1. The first-order chi connectivity index (χ1) is 6.06. The molecule has 72 valence electrons. The molecule has 0 bridgehead atoms. The largest absolute Gasteiger partial charge is 0.322 e. The van der Waals surface area contributed by atoms with E-state index >= 15 is 0 Å².